The molecule has 24 heavy (non-hydrogen) atoms. The van der Waals surface area contributed by atoms with Crippen LogP contribution in [0.25, 0.3) is 22.0 Å². The molecule has 3 nitrogen and oxygen atoms in total. The molecule has 0 aliphatic carbocycles. The minimum Gasteiger partial charge on any atom is -0.261 e. The van der Waals surface area contributed by atoms with Crippen molar-refractivity contribution >= 4 is 10.8 Å². The molecule has 3 heterocycles. The summed E-state index contributed by atoms with van der Waals surface area (Å²) in [5.74, 6) is -1.60. The van der Waals surface area contributed by atoms with Gasteiger partial charge in [0.25, 0.3) is 0 Å². The Morgan fingerprint density at radius 3 is 2.21 bits per heavy atom. The molecule has 0 saturated carbocycles. The van der Waals surface area contributed by atoms with E-state index in [-0.39, 0.29) is 5.69 Å². The molecule has 3 aromatic heterocycles. The first-order chi connectivity index (χ1) is 11.3. The van der Waals surface area contributed by atoms with Gasteiger partial charge in [0.15, 0.2) is 0 Å². The fourth-order valence-corrected chi connectivity index (χ4v) is 2.55. The maximum atomic E-state index is 12.8. The molecule has 0 spiro atoms. The van der Waals surface area contributed by atoms with Crippen molar-refractivity contribution in [3.8, 4) is 11.3 Å². The van der Waals surface area contributed by atoms with E-state index in [0.717, 1.165) is 29.0 Å². The fourth-order valence-electron chi connectivity index (χ4n) is 2.55. The number of aromatic nitrogens is 3. The van der Waals surface area contributed by atoms with Crippen LogP contribution in [0.5, 0.6) is 0 Å². The van der Waals surface area contributed by atoms with Crippen molar-refractivity contribution in [2.24, 2.45) is 0 Å². The molecule has 0 aliphatic heterocycles. The molecule has 0 bridgehead atoms. The molecule has 1 atom stereocenters. The Morgan fingerprint density at radius 2 is 1.54 bits per heavy atom. The van der Waals surface area contributed by atoms with Crippen LogP contribution in [-0.2, 0) is 0 Å². The minimum absolute atomic E-state index is 0.0156. The van der Waals surface area contributed by atoms with Gasteiger partial charge in [0.1, 0.15) is 0 Å². The molecule has 3 aromatic rings. The minimum atomic E-state index is -4.30. The van der Waals surface area contributed by atoms with E-state index in [1.807, 2.05) is 19.1 Å². The van der Waals surface area contributed by atoms with Crippen LogP contribution in [0.2, 0.25) is 0 Å². The Bertz CT molecular complexity index is 904. The fraction of sp³-hybridized carbons (Fsp3) is 0.278. The molecule has 3 rings (SSSR count). The van der Waals surface area contributed by atoms with Gasteiger partial charge in [-0.25, -0.2) is 0 Å². The third kappa shape index (κ3) is 3.09. The van der Waals surface area contributed by atoms with Crippen LogP contribution in [0.4, 0.5) is 13.2 Å². The van der Waals surface area contributed by atoms with Crippen molar-refractivity contribution in [3.05, 3.63) is 53.7 Å². The summed E-state index contributed by atoms with van der Waals surface area (Å²) in [5, 5.41) is 1.90. The maximum Gasteiger partial charge on any atom is 0.396 e. The van der Waals surface area contributed by atoms with E-state index >= 15 is 0 Å². The van der Waals surface area contributed by atoms with E-state index in [9.17, 15) is 13.2 Å². The lowest BCUT2D eigenvalue weighted by atomic mass is 10.0. The number of halogens is 3. The van der Waals surface area contributed by atoms with Crippen molar-refractivity contribution in [2.75, 3.05) is 0 Å². The quantitative estimate of drug-likeness (QED) is 0.665. The van der Waals surface area contributed by atoms with Gasteiger partial charge in [-0.2, -0.15) is 13.2 Å². The predicted octanol–water partition coefficient (Wildman–Crippen LogP) is 4.97. The average molecular weight is 331 g/mol. The van der Waals surface area contributed by atoms with Gasteiger partial charge in [-0.05, 0) is 44.5 Å². The van der Waals surface area contributed by atoms with E-state index in [0.29, 0.717) is 11.3 Å². The van der Waals surface area contributed by atoms with Crippen molar-refractivity contribution in [2.45, 2.75) is 32.9 Å². The van der Waals surface area contributed by atoms with E-state index in [1.165, 1.54) is 12.3 Å². The van der Waals surface area contributed by atoms with Gasteiger partial charge in [0.2, 0.25) is 0 Å². The Hall–Kier alpha value is -2.50. The number of aryl methyl sites for hydroxylation is 2. The number of fused-ring (bicyclic) bond motifs is 1. The zero-order valence-electron chi connectivity index (χ0n) is 13.5. The second kappa shape index (κ2) is 5.85. The Kier molecular flexibility index (Phi) is 3.99. The summed E-state index contributed by atoms with van der Waals surface area (Å²) in [6.07, 6.45) is 0.665. The summed E-state index contributed by atoms with van der Waals surface area (Å²) in [5.41, 5.74) is 3.02. The van der Waals surface area contributed by atoms with Crippen LogP contribution in [0.3, 0.4) is 0 Å². The molecule has 0 N–H and O–H groups in total. The molecule has 0 unspecified atom stereocenters. The van der Waals surface area contributed by atoms with E-state index in [1.54, 1.807) is 19.3 Å². The largest absolute Gasteiger partial charge is 0.396 e. The number of nitrogens with zero attached hydrogens (tertiary/aromatic N) is 3. The molecule has 0 aromatic carbocycles. The lowest BCUT2D eigenvalue weighted by molar-refractivity contribution is -0.147. The zero-order valence-corrected chi connectivity index (χ0v) is 13.5. The number of hydrogen-bond acceptors (Lipinski definition) is 3. The van der Waals surface area contributed by atoms with E-state index in [2.05, 4.69) is 15.0 Å². The van der Waals surface area contributed by atoms with Crippen LogP contribution in [0, 0.1) is 13.8 Å². The number of pyridine rings is 3. The molecule has 0 aliphatic rings. The maximum absolute atomic E-state index is 12.8. The molecule has 0 radical (unpaired) electrons. The second-order valence-corrected chi connectivity index (χ2v) is 5.93. The van der Waals surface area contributed by atoms with Gasteiger partial charge in [-0.1, -0.05) is 0 Å². The molecule has 0 saturated heterocycles. The third-order valence-electron chi connectivity index (χ3n) is 4.08. The molecular formula is C18H16F3N3. The number of rotatable bonds is 2. The number of alkyl halides is 3. The number of hydrogen-bond donors (Lipinski definition) is 0. The monoisotopic (exact) mass is 331 g/mol. The Balaban J connectivity index is 2.02. The second-order valence-electron chi connectivity index (χ2n) is 5.93. The Labute approximate surface area is 137 Å². The van der Waals surface area contributed by atoms with Crippen molar-refractivity contribution in [3.63, 3.8) is 0 Å². The highest BCUT2D eigenvalue weighted by Gasteiger charge is 2.38. The van der Waals surface area contributed by atoms with Crippen LogP contribution < -0.4 is 0 Å². The SMILES string of the molecule is Cc1cc2cnc(-c3cnc([C@H](C)C(F)(F)F)cc3C)cc2cn1. The summed E-state index contributed by atoms with van der Waals surface area (Å²) in [6.45, 7) is 4.79. The molecule has 0 amide bonds. The zero-order chi connectivity index (χ0) is 17.5. The van der Waals surface area contributed by atoms with Gasteiger partial charge < -0.3 is 0 Å². The van der Waals surface area contributed by atoms with Crippen molar-refractivity contribution in [1.82, 2.24) is 15.0 Å². The van der Waals surface area contributed by atoms with E-state index in [4.69, 9.17) is 0 Å². The first kappa shape index (κ1) is 16.4. The van der Waals surface area contributed by atoms with Gasteiger partial charge in [0.05, 0.1) is 17.3 Å². The standard InChI is InChI=1S/C18H16F3N3/c1-10-4-16(12(3)18(19,20)21)24-9-15(10)17-6-14-7-22-11(2)5-13(14)8-23-17/h4-9,12H,1-3H3/t12-/m0/s1. The topological polar surface area (TPSA) is 38.7 Å². The van der Waals surface area contributed by atoms with Gasteiger partial charge >= 0.3 is 6.18 Å². The van der Waals surface area contributed by atoms with Crippen molar-refractivity contribution < 1.29 is 13.2 Å². The molecule has 6 heteroatoms. The predicted molar refractivity (Wildman–Crippen MR) is 86.7 cm³/mol. The van der Waals surface area contributed by atoms with Crippen LogP contribution >= 0.6 is 0 Å². The molecular weight excluding hydrogens is 315 g/mol. The highest BCUT2D eigenvalue weighted by Crippen LogP contribution is 2.34. The first-order valence-electron chi connectivity index (χ1n) is 7.52. The molecule has 0 fully saturated rings. The Morgan fingerprint density at radius 1 is 0.875 bits per heavy atom. The average Bonchev–Trinajstić information content (AvgIpc) is 2.52. The third-order valence-corrected chi connectivity index (χ3v) is 4.08. The van der Waals surface area contributed by atoms with E-state index < -0.39 is 12.1 Å². The van der Waals surface area contributed by atoms with Gasteiger partial charge in [-0.3, -0.25) is 15.0 Å². The first-order valence-corrected chi connectivity index (χ1v) is 7.52. The summed E-state index contributed by atoms with van der Waals surface area (Å²) in [6, 6.07) is 5.29. The van der Waals surface area contributed by atoms with Crippen LogP contribution in [-0.4, -0.2) is 21.1 Å². The highest BCUT2D eigenvalue weighted by atomic mass is 19.4. The van der Waals surface area contributed by atoms with Gasteiger partial charge in [-0.15, -0.1) is 0 Å². The summed E-state index contributed by atoms with van der Waals surface area (Å²) < 4.78 is 38.5. The van der Waals surface area contributed by atoms with Crippen LogP contribution in [0.1, 0.15) is 29.8 Å². The highest BCUT2D eigenvalue weighted by molar-refractivity contribution is 5.85. The summed E-state index contributed by atoms with van der Waals surface area (Å²) >= 11 is 0. The van der Waals surface area contributed by atoms with Crippen LogP contribution in [0.15, 0.2) is 36.8 Å². The smallest absolute Gasteiger partial charge is 0.261 e. The normalized spacial score (nSPS) is 13.2. The lowest BCUT2D eigenvalue weighted by Crippen LogP contribution is -2.19. The summed E-state index contributed by atoms with van der Waals surface area (Å²) in [4.78, 5) is 12.7. The summed E-state index contributed by atoms with van der Waals surface area (Å²) in [7, 11) is 0. The van der Waals surface area contributed by atoms with Gasteiger partial charge in [0, 0.05) is 40.6 Å². The molecule has 124 valence electrons. The lowest BCUT2D eigenvalue weighted by Gasteiger charge is -2.16. The van der Waals surface area contributed by atoms with Crippen molar-refractivity contribution in [1.29, 1.82) is 0 Å².